The Morgan fingerprint density at radius 2 is 1.82 bits per heavy atom. The Kier molecular flexibility index (Phi) is 4.82. The second-order valence-corrected chi connectivity index (χ2v) is 6.35. The second kappa shape index (κ2) is 7.58. The van der Waals surface area contributed by atoms with Crippen LogP contribution < -0.4 is 26.3 Å². The van der Waals surface area contributed by atoms with E-state index in [0.29, 0.717) is 22.7 Å². The number of halogens is 1. The number of carbonyl (C=O) groups is 1. The molecular weight excluding hydrogens is 359 g/mol. The monoisotopic (exact) mass is 378 g/mol. The predicted molar refractivity (Wildman–Crippen MR) is 105 cm³/mol. The summed E-state index contributed by atoms with van der Waals surface area (Å²) >= 11 is 0. The number of hydrogen-bond donors (Lipinski definition) is 3. The Morgan fingerprint density at radius 1 is 1.07 bits per heavy atom. The zero-order chi connectivity index (χ0) is 19.5. The van der Waals surface area contributed by atoms with Crippen LogP contribution in [0.4, 0.5) is 20.6 Å². The van der Waals surface area contributed by atoms with E-state index in [1.807, 2.05) is 42.5 Å². The normalized spacial score (nSPS) is 14.9. The molecule has 0 saturated heterocycles. The van der Waals surface area contributed by atoms with E-state index in [1.54, 1.807) is 24.3 Å². The van der Waals surface area contributed by atoms with Crippen molar-refractivity contribution in [1.29, 1.82) is 0 Å². The van der Waals surface area contributed by atoms with Crippen molar-refractivity contribution in [2.24, 2.45) is 5.73 Å². The Hall–Kier alpha value is -3.58. The van der Waals surface area contributed by atoms with Crippen molar-refractivity contribution < 1.29 is 14.0 Å². The smallest absolute Gasteiger partial charge is 0.319 e. The van der Waals surface area contributed by atoms with E-state index in [-0.39, 0.29) is 6.54 Å². The van der Waals surface area contributed by atoms with Crippen LogP contribution in [0.2, 0.25) is 0 Å². The molecule has 0 saturated carbocycles. The number of fused-ring (bicyclic) bond motifs is 1. The first-order valence-corrected chi connectivity index (χ1v) is 8.82. The topological polar surface area (TPSA) is 79.6 Å². The summed E-state index contributed by atoms with van der Waals surface area (Å²) < 4.78 is 14.2. The highest BCUT2D eigenvalue weighted by atomic mass is 19.1. The standard InChI is InChI=1S/C21H19FN4O2/c22-18-11-10-16(26-20(23)17-8-4-5-9-19(17)28-26)12-14(18)13-24-21(27)25-15-6-2-1-3-7-15/h1-12,20H,13,23H2,(H2,24,25,27). The number of urea groups is 1. The zero-order valence-electron chi connectivity index (χ0n) is 14.9. The van der Waals surface area contributed by atoms with Crippen LogP contribution in [0.1, 0.15) is 17.3 Å². The fourth-order valence-electron chi connectivity index (χ4n) is 3.02. The van der Waals surface area contributed by atoms with Crippen LogP contribution in [0, 0.1) is 5.82 Å². The Morgan fingerprint density at radius 3 is 2.61 bits per heavy atom. The first-order chi connectivity index (χ1) is 13.6. The molecule has 0 radical (unpaired) electrons. The van der Waals surface area contributed by atoms with Gasteiger partial charge < -0.3 is 21.2 Å². The van der Waals surface area contributed by atoms with Crippen molar-refractivity contribution in [3.63, 3.8) is 0 Å². The molecule has 1 aliphatic heterocycles. The van der Waals surface area contributed by atoms with Gasteiger partial charge in [0.15, 0.2) is 5.75 Å². The van der Waals surface area contributed by atoms with E-state index in [0.717, 1.165) is 5.56 Å². The highest BCUT2D eigenvalue weighted by molar-refractivity contribution is 5.89. The maximum atomic E-state index is 14.2. The number of nitrogens with two attached hydrogens (primary N) is 1. The van der Waals surface area contributed by atoms with Crippen LogP contribution in [0.15, 0.2) is 72.8 Å². The van der Waals surface area contributed by atoms with Gasteiger partial charge in [-0.3, -0.25) is 0 Å². The lowest BCUT2D eigenvalue weighted by Gasteiger charge is -2.22. The number of hydrogen-bond acceptors (Lipinski definition) is 4. The third-order valence-electron chi connectivity index (χ3n) is 4.44. The first-order valence-electron chi connectivity index (χ1n) is 8.82. The number of carbonyl (C=O) groups excluding carboxylic acids is 1. The number of hydroxylamine groups is 1. The number of para-hydroxylation sites is 2. The van der Waals surface area contributed by atoms with Gasteiger partial charge in [-0.2, -0.15) is 5.06 Å². The first kappa shape index (κ1) is 17.8. The summed E-state index contributed by atoms with van der Waals surface area (Å²) in [5, 5.41) is 6.87. The van der Waals surface area contributed by atoms with Crippen LogP contribution in [-0.4, -0.2) is 6.03 Å². The molecule has 3 aromatic rings. The molecule has 4 rings (SSSR count). The van der Waals surface area contributed by atoms with Crippen LogP contribution in [0.5, 0.6) is 5.75 Å². The van der Waals surface area contributed by atoms with Crippen molar-refractivity contribution >= 4 is 17.4 Å². The molecule has 0 fully saturated rings. The molecule has 1 atom stereocenters. The van der Waals surface area contributed by atoms with E-state index in [9.17, 15) is 9.18 Å². The van der Waals surface area contributed by atoms with Gasteiger partial charge >= 0.3 is 6.03 Å². The molecule has 1 unspecified atom stereocenters. The average Bonchev–Trinajstić information content (AvgIpc) is 3.05. The van der Waals surface area contributed by atoms with Gasteiger partial charge in [0, 0.05) is 23.4 Å². The SMILES string of the molecule is NC1c2ccccc2ON1c1ccc(F)c(CNC(=O)Nc2ccccc2)c1. The Balaban J connectivity index is 1.45. The highest BCUT2D eigenvalue weighted by Gasteiger charge is 2.30. The van der Waals surface area contributed by atoms with Crippen LogP contribution >= 0.6 is 0 Å². The lowest BCUT2D eigenvalue weighted by Crippen LogP contribution is -2.32. The zero-order valence-corrected chi connectivity index (χ0v) is 14.9. The molecule has 0 aliphatic carbocycles. The lowest BCUT2D eigenvalue weighted by molar-refractivity contribution is 0.251. The Labute approximate surface area is 161 Å². The fraction of sp³-hybridized carbons (Fsp3) is 0.0952. The molecule has 3 aromatic carbocycles. The number of nitrogens with zero attached hydrogens (tertiary/aromatic N) is 1. The van der Waals surface area contributed by atoms with E-state index < -0.39 is 18.0 Å². The molecule has 7 heteroatoms. The number of anilines is 2. The van der Waals surface area contributed by atoms with Gasteiger partial charge in [-0.15, -0.1) is 0 Å². The molecule has 2 amide bonds. The molecule has 28 heavy (non-hydrogen) atoms. The number of rotatable bonds is 4. The van der Waals surface area contributed by atoms with Gasteiger partial charge in [-0.1, -0.05) is 36.4 Å². The predicted octanol–water partition coefficient (Wildman–Crippen LogP) is 3.92. The molecule has 0 bridgehead atoms. The average molecular weight is 378 g/mol. The molecule has 1 heterocycles. The molecule has 6 nitrogen and oxygen atoms in total. The van der Waals surface area contributed by atoms with E-state index in [2.05, 4.69) is 10.6 Å². The van der Waals surface area contributed by atoms with Crippen LogP contribution in [-0.2, 0) is 6.54 Å². The minimum absolute atomic E-state index is 0.0222. The summed E-state index contributed by atoms with van der Waals surface area (Å²) in [7, 11) is 0. The molecule has 4 N–H and O–H groups in total. The highest BCUT2D eigenvalue weighted by Crippen LogP contribution is 2.37. The molecule has 142 valence electrons. The minimum Gasteiger partial charge on any atom is -0.377 e. The van der Waals surface area contributed by atoms with Gasteiger partial charge in [0.25, 0.3) is 0 Å². The third-order valence-corrected chi connectivity index (χ3v) is 4.44. The quantitative estimate of drug-likeness (QED) is 0.643. The number of nitrogens with one attached hydrogen (secondary N) is 2. The van der Waals surface area contributed by atoms with Crippen LogP contribution in [0.25, 0.3) is 0 Å². The number of benzene rings is 3. The van der Waals surface area contributed by atoms with Crippen molar-refractivity contribution in [3.8, 4) is 5.75 Å². The maximum absolute atomic E-state index is 14.2. The largest absolute Gasteiger partial charge is 0.377 e. The van der Waals surface area contributed by atoms with E-state index >= 15 is 0 Å². The van der Waals surface area contributed by atoms with E-state index in [1.165, 1.54) is 11.1 Å². The molecule has 0 aromatic heterocycles. The van der Waals surface area contributed by atoms with Crippen molar-refractivity contribution in [3.05, 3.63) is 89.7 Å². The maximum Gasteiger partial charge on any atom is 0.319 e. The third kappa shape index (κ3) is 3.60. The Bertz CT molecular complexity index is 997. The van der Waals surface area contributed by atoms with Crippen LogP contribution in [0.3, 0.4) is 0 Å². The second-order valence-electron chi connectivity index (χ2n) is 6.35. The minimum atomic E-state index is -0.496. The molecule has 1 aliphatic rings. The van der Waals surface area contributed by atoms with Crippen molar-refractivity contribution in [2.45, 2.75) is 12.7 Å². The summed E-state index contributed by atoms with van der Waals surface area (Å²) in [6, 6.07) is 20.6. The van der Waals surface area contributed by atoms with Gasteiger partial charge in [-0.05, 0) is 36.4 Å². The summed E-state index contributed by atoms with van der Waals surface area (Å²) in [5.41, 5.74) is 8.69. The number of amides is 2. The summed E-state index contributed by atoms with van der Waals surface area (Å²) in [6.07, 6.45) is -0.496. The summed E-state index contributed by atoms with van der Waals surface area (Å²) in [4.78, 5) is 17.8. The van der Waals surface area contributed by atoms with Crippen molar-refractivity contribution in [2.75, 3.05) is 10.4 Å². The van der Waals surface area contributed by atoms with Gasteiger partial charge in [-0.25, -0.2) is 9.18 Å². The fourth-order valence-corrected chi connectivity index (χ4v) is 3.02. The summed E-state index contributed by atoms with van der Waals surface area (Å²) in [6.45, 7) is 0.0222. The van der Waals surface area contributed by atoms with Gasteiger partial charge in [0.1, 0.15) is 12.0 Å². The lowest BCUT2D eigenvalue weighted by atomic mass is 10.1. The van der Waals surface area contributed by atoms with Gasteiger partial charge in [0.2, 0.25) is 0 Å². The summed E-state index contributed by atoms with van der Waals surface area (Å²) in [5.74, 6) is 0.246. The van der Waals surface area contributed by atoms with Gasteiger partial charge in [0.05, 0.1) is 5.69 Å². The van der Waals surface area contributed by atoms with E-state index in [4.69, 9.17) is 10.6 Å². The molecule has 0 spiro atoms. The van der Waals surface area contributed by atoms with Crippen molar-refractivity contribution in [1.82, 2.24) is 5.32 Å². The molecular formula is C21H19FN4O2.